The number of nitrogens with zero attached hydrogens (tertiary/aromatic N) is 2. The van der Waals surface area contributed by atoms with Gasteiger partial charge < -0.3 is 0 Å². The summed E-state index contributed by atoms with van der Waals surface area (Å²) in [5.41, 5.74) is 1.08. The van der Waals surface area contributed by atoms with Gasteiger partial charge in [0.25, 0.3) is 10.0 Å². The van der Waals surface area contributed by atoms with Gasteiger partial charge in [-0.1, -0.05) is 50.1 Å². The largest absolute Gasteiger partial charge is 0.287 e. The minimum Gasteiger partial charge on any atom is -0.287 e. The van der Waals surface area contributed by atoms with Crippen LogP contribution in [0.2, 0.25) is 0 Å². The van der Waals surface area contributed by atoms with E-state index in [1.54, 1.807) is 17.0 Å². The number of amides is 1. The molecule has 1 aromatic carbocycles. The second-order valence-electron chi connectivity index (χ2n) is 6.61. The van der Waals surface area contributed by atoms with Crippen LogP contribution in [0.1, 0.15) is 51.5 Å². The van der Waals surface area contributed by atoms with Crippen LogP contribution >= 0.6 is 11.8 Å². The zero-order chi connectivity index (χ0) is 18.0. The molecule has 1 amide bonds. The lowest BCUT2D eigenvalue weighted by atomic mass is 9.94. The zero-order valence-electron chi connectivity index (χ0n) is 14.6. The van der Waals surface area contributed by atoms with Gasteiger partial charge in [0, 0.05) is 6.04 Å². The molecule has 1 aromatic rings. The van der Waals surface area contributed by atoms with Crippen molar-refractivity contribution in [3.63, 3.8) is 0 Å². The molecule has 1 saturated heterocycles. The molecule has 0 aromatic heterocycles. The standard InChI is InChI=1S/C18H24N2O3S2/c1-3-14-9-11-16(12-10-14)25(22,23)19-18-20(17(21)13(2)24-18)15-7-5-4-6-8-15/h9-13,15H,3-8H2,1-2H3/t13-/m0/s1. The summed E-state index contributed by atoms with van der Waals surface area (Å²) >= 11 is 1.25. The predicted octanol–water partition coefficient (Wildman–Crippen LogP) is 3.59. The van der Waals surface area contributed by atoms with Crippen LogP contribution in [-0.4, -0.2) is 35.7 Å². The molecule has 1 heterocycles. The Balaban J connectivity index is 1.91. The summed E-state index contributed by atoms with van der Waals surface area (Å²) in [5.74, 6) is -0.0211. The SMILES string of the molecule is CCc1ccc(S(=O)(=O)N=C2S[C@@H](C)C(=O)N2C2CCCCC2)cc1. The summed E-state index contributed by atoms with van der Waals surface area (Å²) in [4.78, 5) is 14.4. The lowest BCUT2D eigenvalue weighted by Gasteiger charge is -2.30. The van der Waals surface area contributed by atoms with Crippen LogP contribution < -0.4 is 0 Å². The van der Waals surface area contributed by atoms with E-state index in [-0.39, 0.29) is 22.1 Å². The first-order valence-corrected chi connectivity index (χ1v) is 11.2. The number of thioether (sulfide) groups is 1. The Kier molecular flexibility index (Phi) is 5.53. The molecule has 1 aliphatic heterocycles. The summed E-state index contributed by atoms with van der Waals surface area (Å²) in [5, 5.41) is 0.0577. The molecule has 0 bridgehead atoms. The van der Waals surface area contributed by atoms with Crippen molar-refractivity contribution in [1.82, 2.24) is 4.90 Å². The quantitative estimate of drug-likeness (QED) is 0.800. The van der Waals surface area contributed by atoms with Crippen molar-refractivity contribution in [2.24, 2.45) is 4.40 Å². The van der Waals surface area contributed by atoms with E-state index >= 15 is 0 Å². The van der Waals surface area contributed by atoms with Gasteiger partial charge >= 0.3 is 0 Å². The van der Waals surface area contributed by atoms with Gasteiger partial charge in [-0.2, -0.15) is 8.42 Å². The van der Waals surface area contributed by atoms with Gasteiger partial charge in [-0.25, -0.2) is 0 Å². The van der Waals surface area contributed by atoms with Crippen molar-refractivity contribution in [1.29, 1.82) is 0 Å². The van der Waals surface area contributed by atoms with Crippen LogP contribution in [0.4, 0.5) is 0 Å². The van der Waals surface area contributed by atoms with Gasteiger partial charge in [0.05, 0.1) is 10.1 Å². The van der Waals surface area contributed by atoms with E-state index in [1.807, 2.05) is 26.0 Å². The normalized spacial score (nSPS) is 24.2. The maximum Gasteiger partial charge on any atom is 0.284 e. The highest BCUT2D eigenvalue weighted by atomic mass is 32.2. The molecule has 0 radical (unpaired) electrons. The predicted molar refractivity (Wildman–Crippen MR) is 101 cm³/mol. The van der Waals surface area contributed by atoms with Gasteiger partial charge in [-0.15, -0.1) is 4.40 Å². The van der Waals surface area contributed by atoms with Crippen molar-refractivity contribution < 1.29 is 13.2 Å². The molecule has 25 heavy (non-hydrogen) atoms. The number of rotatable bonds is 4. The average molecular weight is 381 g/mol. The Labute approximate surface area is 153 Å². The monoisotopic (exact) mass is 380 g/mol. The highest BCUT2D eigenvalue weighted by Gasteiger charge is 2.40. The Bertz CT molecular complexity index is 766. The third kappa shape index (κ3) is 3.92. The van der Waals surface area contributed by atoms with E-state index in [4.69, 9.17) is 0 Å². The first-order valence-electron chi connectivity index (χ1n) is 8.86. The Hall–Kier alpha value is -1.34. The fraction of sp³-hybridized carbons (Fsp3) is 0.556. The molecule has 3 rings (SSSR count). The molecule has 136 valence electrons. The topological polar surface area (TPSA) is 66.8 Å². The minimum atomic E-state index is -3.81. The first-order chi connectivity index (χ1) is 11.9. The number of sulfonamides is 1. The molecule has 5 nitrogen and oxygen atoms in total. The number of aryl methyl sites for hydroxylation is 1. The number of hydrogen-bond donors (Lipinski definition) is 0. The molecule has 0 N–H and O–H groups in total. The Morgan fingerprint density at radius 2 is 1.80 bits per heavy atom. The molecule has 0 unspecified atom stereocenters. The van der Waals surface area contributed by atoms with E-state index in [9.17, 15) is 13.2 Å². The summed E-state index contributed by atoms with van der Waals surface area (Å²) in [6, 6.07) is 6.88. The van der Waals surface area contributed by atoms with Gasteiger partial charge in [0.2, 0.25) is 5.91 Å². The number of carbonyl (C=O) groups is 1. The van der Waals surface area contributed by atoms with Crippen LogP contribution in [0.15, 0.2) is 33.6 Å². The van der Waals surface area contributed by atoms with E-state index in [0.29, 0.717) is 5.17 Å². The van der Waals surface area contributed by atoms with Crippen molar-refractivity contribution >= 4 is 32.9 Å². The third-order valence-electron chi connectivity index (χ3n) is 4.84. The second kappa shape index (κ2) is 7.50. The molecule has 1 atom stereocenters. The van der Waals surface area contributed by atoms with Crippen molar-refractivity contribution in [3.8, 4) is 0 Å². The number of hydrogen-bond acceptors (Lipinski definition) is 4. The number of carbonyl (C=O) groups excluding carboxylic acids is 1. The minimum absolute atomic E-state index is 0.0211. The van der Waals surface area contributed by atoms with Crippen LogP contribution in [0, 0.1) is 0 Å². The molecule has 0 spiro atoms. The van der Waals surface area contributed by atoms with E-state index in [0.717, 1.165) is 37.7 Å². The van der Waals surface area contributed by atoms with Crippen LogP contribution in [-0.2, 0) is 21.2 Å². The highest BCUT2D eigenvalue weighted by Crippen LogP contribution is 2.34. The van der Waals surface area contributed by atoms with E-state index < -0.39 is 10.0 Å². The molecule has 7 heteroatoms. The number of benzene rings is 1. The summed E-state index contributed by atoms with van der Waals surface area (Å²) in [6.45, 7) is 3.84. The second-order valence-corrected chi connectivity index (χ2v) is 9.52. The van der Waals surface area contributed by atoms with Crippen molar-refractivity contribution in [2.75, 3.05) is 0 Å². The fourth-order valence-electron chi connectivity index (χ4n) is 3.35. The van der Waals surface area contributed by atoms with Crippen LogP contribution in [0.25, 0.3) is 0 Å². The van der Waals surface area contributed by atoms with Crippen molar-refractivity contribution in [2.45, 2.75) is 68.6 Å². The van der Waals surface area contributed by atoms with Gasteiger partial charge in [0.1, 0.15) is 0 Å². The number of amidine groups is 1. The summed E-state index contributed by atoms with van der Waals surface area (Å²) < 4.78 is 29.4. The van der Waals surface area contributed by atoms with Gasteiger partial charge in [-0.3, -0.25) is 9.69 Å². The smallest absolute Gasteiger partial charge is 0.284 e. The highest BCUT2D eigenvalue weighted by molar-refractivity contribution is 8.16. The first kappa shape index (κ1) is 18.5. The maximum atomic E-state index is 12.7. The van der Waals surface area contributed by atoms with Crippen LogP contribution in [0.5, 0.6) is 0 Å². The summed E-state index contributed by atoms with van der Waals surface area (Å²) in [6.07, 6.45) is 6.02. The van der Waals surface area contributed by atoms with E-state index in [2.05, 4.69) is 4.40 Å². The van der Waals surface area contributed by atoms with Crippen molar-refractivity contribution in [3.05, 3.63) is 29.8 Å². The molecule has 2 aliphatic rings. The lowest BCUT2D eigenvalue weighted by Crippen LogP contribution is -2.42. The molecular formula is C18H24N2O3S2. The Morgan fingerprint density at radius 1 is 1.16 bits per heavy atom. The average Bonchev–Trinajstić information content (AvgIpc) is 2.89. The third-order valence-corrected chi connectivity index (χ3v) is 7.29. The molecule has 1 saturated carbocycles. The zero-order valence-corrected chi connectivity index (χ0v) is 16.3. The van der Waals surface area contributed by atoms with Gasteiger partial charge in [-0.05, 0) is 43.9 Å². The fourth-order valence-corrected chi connectivity index (χ4v) is 5.58. The van der Waals surface area contributed by atoms with Crippen LogP contribution in [0.3, 0.4) is 0 Å². The molecular weight excluding hydrogens is 356 g/mol. The lowest BCUT2D eigenvalue weighted by molar-refractivity contribution is -0.127. The Morgan fingerprint density at radius 3 is 2.40 bits per heavy atom. The summed E-state index contributed by atoms with van der Waals surface area (Å²) in [7, 11) is -3.81. The van der Waals surface area contributed by atoms with Gasteiger partial charge in [0.15, 0.2) is 5.17 Å². The maximum absolute atomic E-state index is 12.7. The van der Waals surface area contributed by atoms with E-state index in [1.165, 1.54) is 18.2 Å². The molecule has 1 aliphatic carbocycles. The molecule has 2 fully saturated rings.